The number of esters is 1. The van der Waals surface area contributed by atoms with Gasteiger partial charge in [0.25, 0.3) is 0 Å². The summed E-state index contributed by atoms with van der Waals surface area (Å²) in [5.41, 5.74) is -1.08. The molecule has 0 bridgehead atoms. The van der Waals surface area contributed by atoms with Gasteiger partial charge >= 0.3 is 5.97 Å². The molecular weight excluding hydrogens is 320 g/mol. The Bertz CT molecular complexity index is 506. The van der Waals surface area contributed by atoms with E-state index in [0.29, 0.717) is 0 Å². The molecule has 0 radical (unpaired) electrons. The number of carbonyl (C=O) groups is 1. The van der Waals surface area contributed by atoms with Gasteiger partial charge in [-0.15, -0.1) is 0 Å². The molecule has 1 rings (SSSR count). The number of allylic oxidation sites excluding steroid dienone is 2. The van der Waals surface area contributed by atoms with E-state index in [1.807, 2.05) is 13.8 Å². The van der Waals surface area contributed by atoms with E-state index in [1.165, 1.54) is 0 Å². The van der Waals surface area contributed by atoms with Gasteiger partial charge in [-0.2, -0.15) is 0 Å². The molecule has 1 aliphatic heterocycles. The maximum Gasteiger partial charge on any atom is 0.312 e. The van der Waals surface area contributed by atoms with Crippen molar-refractivity contribution < 1.29 is 19.1 Å². The first-order chi connectivity index (χ1) is 10.8. The molecule has 1 fully saturated rings. The molecular formula is C19H34O4Si. The summed E-state index contributed by atoms with van der Waals surface area (Å²) in [5.74, 6) is -0.999. The number of aliphatic hydroxyl groups excluding tert-OH is 1. The molecule has 0 amide bonds. The second-order valence-electron chi connectivity index (χ2n) is 8.64. The Morgan fingerprint density at radius 2 is 1.88 bits per heavy atom. The summed E-state index contributed by atoms with van der Waals surface area (Å²) in [5, 5.41) is 10.9. The fourth-order valence-electron chi connectivity index (χ4n) is 2.78. The standard InChI is InChI=1S/C19H34O4Si/c1-10-11-12-19(7)16(20)13(2)15(14(3)17(21)22-19)23-24(8,9)18(4,5)6/h10-16,20H,1H2,2-9H3/b12-11-/t13-,14+,15-,16-,19-/m0/s1. The lowest BCUT2D eigenvalue weighted by Gasteiger charge is -2.42. The van der Waals surface area contributed by atoms with Crippen LogP contribution in [0.15, 0.2) is 24.8 Å². The topological polar surface area (TPSA) is 55.8 Å². The average molecular weight is 355 g/mol. The number of ether oxygens (including phenoxy) is 1. The molecule has 5 atom stereocenters. The summed E-state index contributed by atoms with van der Waals surface area (Å²) in [6, 6.07) is 0. The number of aliphatic hydroxyl groups is 1. The lowest BCUT2D eigenvalue weighted by atomic mass is 9.83. The van der Waals surface area contributed by atoms with Gasteiger partial charge in [0.15, 0.2) is 13.9 Å². The molecule has 4 nitrogen and oxygen atoms in total. The number of hydrogen-bond acceptors (Lipinski definition) is 4. The van der Waals surface area contributed by atoms with Crippen molar-refractivity contribution in [3.05, 3.63) is 24.8 Å². The van der Waals surface area contributed by atoms with Crippen LogP contribution in [0.4, 0.5) is 0 Å². The van der Waals surface area contributed by atoms with E-state index in [4.69, 9.17) is 9.16 Å². The van der Waals surface area contributed by atoms with E-state index in [-0.39, 0.29) is 23.0 Å². The van der Waals surface area contributed by atoms with E-state index >= 15 is 0 Å². The summed E-state index contributed by atoms with van der Waals surface area (Å²) in [6.45, 7) is 19.9. The van der Waals surface area contributed by atoms with Crippen LogP contribution in [0.25, 0.3) is 0 Å². The predicted molar refractivity (Wildman–Crippen MR) is 100 cm³/mol. The van der Waals surface area contributed by atoms with Crippen LogP contribution >= 0.6 is 0 Å². The van der Waals surface area contributed by atoms with Gasteiger partial charge in [-0.05, 0) is 38.1 Å². The van der Waals surface area contributed by atoms with Gasteiger partial charge in [0, 0.05) is 5.92 Å². The monoisotopic (exact) mass is 354 g/mol. The molecule has 138 valence electrons. The number of carbonyl (C=O) groups excluding carboxylic acids is 1. The highest BCUT2D eigenvalue weighted by atomic mass is 28.4. The summed E-state index contributed by atoms with van der Waals surface area (Å²) in [4.78, 5) is 12.6. The average Bonchev–Trinajstić information content (AvgIpc) is 2.51. The van der Waals surface area contributed by atoms with Gasteiger partial charge in [0.05, 0.1) is 12.0 Å². The Morgan fingerprint density at radius 3 is 2.33 bits per heavy atom. The smallest absolute Gasteiger partial charge is 0.312 e. The summed E-state index contributed by atoms with van der Waals surface area (Å²) in [6.07, 6.45) is 3.78. The Morgan fingerprint density at radius 1 is 1.33 bits per heavy atom. The van der Waals surface area contributed by atoms with Gasteiger partial charge in [-0.3, -0.25) is 4.79 Å². The number of rotatable bonds is 4. The van der Waals surface area contributed by atoms with E-state index in [9.17, 15) is 9.90 Å². The third kappa shape index (κ3) is 4.19. The van der Waals surface area contributed by atoms with Crippen molar-refractivity contribution in [1.29, 1.82) is 0 Å². The Balaban J connectivity index is 3.22. The minimum atomic E-state index is -2.08. The molecule has 0 aromatic heterocycles. The predicted octanol–water partition coefficient (Wildman–Crippen LogP) is 4.07. The van der Waals surface area contributed by atoms with Crippen molar-refractivity contribution >= 4 is 14.3 Å². The first kappa shape index (κ1) is 21.1. The van der Waals surface area contributed by atoms with Gasteiger partial charge in [0.1, 0.15) is 6.10 Å². The van der Waals surface area contributed by atoms with Gasteiger partial charge in [-0.25, -0.2) is 0 Å². The van der Waals surface area contributed by atoms with Crippen LogP contribution in [-0.4, -0.2) is 37.2 Å². The van der Waals surface area contributed by atoms with Crippen molar-refractivity contribution in [3.63, 3.8) is 0 Å². The van der Waals surface area contributed by atoms with Crippen LogP contribution in [0.3, 0.4) is 0 Å². The lowest BCUT2D eigenvalue weighted by Crippen LogP contribution is -2.51. The van der Waals surface area contributed by atoms with Crippen molar-refractivity contribution in [2.45, 2.75) is 77.5 Å². The molecule has 1 aliphatic rings. The molecule has 0 aromatic carbocycles. The Labute approximate surface area is 148 Å². The molecule has 0 spiro atoms. The summed E-state index contributed by atoms with van der Waals surface area (Å²) in [7, 11) is -2.08. The fraction of sp³-hybridized carbons (Fsp3) is 0.737. The third-order valence-electron chi connectivity index (χ3n) is 5.59. The fourth-order valence-corrected chi connectivity index (χ4v) is 4.23. The summed E-state index contributed by atoms with van der Waals surface area (Å²) < 4.78 is 12.2. The summed E-state index contributed by atoms with van der Waals surface area (Å²) >= 11 is 0. The minimum absolute atomic E-state index is 0.0274. The van der Waals surface area contributed by atoms with Crippen LogP contribution in [0.1, 0.15) is 41.5 Å². The van der Waals surface area contributed by atoms with Gasteiger partial charge in [-0.1, -0.05) is 46.4 Å². The van der Waals surface area contributed by atoms with Crippen LogP contribution < -0.4 is 0 Å². The largest absolute Gasteiger partial charge is 0.452 e. The van der Waals surface area contributed by atoms with Gasteiger partial charge < -0.3 is 14.3 Å². The molecule has 0 saturated carbocycles. The second-order valence-corrected chi connectivity index (χ2v) is 13.4. The van der Waals surface area contributed by atoms with Crippen molar-refractivity contribution in [3.8, 4) is 0 Å². The molecule has 1 saturated heterocycles. The molecule has 0 aliphatic carbocycles. The van der Waals surface area contributed by atoms with E-state index in [0.717, 1.165) is 0 Å². The Kier molecular flexibility index (Phi) is 6.29. The highest BCUT2D eigenvalue weighted by Gasteiger charge is 2.51. The molecule has 5 heteroatoms. The highest BCUT2D eigenvalue weighted by Crippen LogP contribution is 2.42. The maximum absolute atomic E-state index is 12.6. The quantitative estimate of drug-likeness (QED) is 0.470. The first-order valence-electron chi connectivity index (χ1n) is 8.66. The SMILES string of the molecule is C=C/C=C\[C@]1(C)OC(=O)[C@H](C)[C@@H](O[Si](C)(C)C(C)(C)C)[C@H](C)[C@@H]1O. The van der Waals surface area contributed by atoms with Crippen LogP contribution in [0.2, 0.25) is 18.1 Å². The zero-order valence-corrected chi connectivity index (χ0v) is 17.4. The van der Waals surface area contributed by atoms with Gasteiger partial charge in [0.2, 0.25) is 0 Å². The zero-order chi connectivity index (χ0) is 18.9. The van der Waals surface area contributed by atoms with Crippen LogP contribution in [0, 0.1) is 11.8 Å². The number of hydrogen-bond donors (Lipinski definition) is 1. The zero-order valence-electron chi connectivity index (χ0n) is 16.4. The van der Waals surface area contributed by atoms with E-state index < -0.39 is 25.9 Å². The minimum Gasteiger partial charge on any atom is -0.452 e. The Hall–Kier alpha value is -0.913. The van der Waals surface area contributed by atoms with Crippen LogP contribution in [-0.2, 0) is 14.0 Å². The number of cyclic esters (lactones) is 1. The van der Waals surface area contributed by atoms with Crippen molar-refractivity contribution in [2.24, 2.45) is 11.8 Å². The molecule has 0 unspecified atom stereocenters. The van der Waals surface area contributed by atoms with Crippen LogP contribution in [0.5, 0.6) is 0 Å². The third-order valence-corrected chi connectivity index (χ3v) is 10.1. The maximum atomic E-state index is 12.6. The van der Waals surface area contributed by atoms with E-state index in [2.05, 4.69) is 40.4 Å². The normalized spacial score (nSPS) is 35.6. The highest BCUT2D eigenvalue weighted by molar-refractivity contribution is 6.74. The van der Waals surface area contributed by atoms with Crippen molar-refractivity contribution in [2.75, 3.05) is 0 Å². The molecule has 1 heterocycles. The molecule has 1 N–H and O–H groups in total. The second kappa shape index (κ2) is 7.14. The first-order valence-corrected chi connectivity index (χ1v) is 11.6. The molecule has 24 heavy (non-hydrogen) atoms. The van der Waals surface area contributed by atoms with E-state index in [1.54, 1.807) is 25.2 Å². The van der Waals surface area contributed by atoms with Crippen molar-refractivity contribution in [1.82, 2.24) is 0 Å². The lowest BCUT2D eigenvalue weighted by molar-refractivity contribution is -0.164. The molecule has 0 aromatic rings.